The molecule has 1 saturated heterocycles. The van der Waals surface area contributed by atoms with Crippen LogP contribution in [0.3, 0.4) is 0 Å². The van der Waals surface area contributed by atoms with Crippen LogP contribution in [0.15, 0.2) is 48.7 Å². The summed E-state index contributed by atoms with van der Waals surface area (Å²) in [7, 11) is 0. The van der Waals surface area contributed by atoms with Gasteiger partial charge in [-0.05, 0) is 36.8 Å². The fraction of sp³-hybridized carbons (Fsp3) is 0.200. The summed E-state index contributed by atoms with van der Waals surface area (Å²) < 4.78 is 40.5. The number of rotatable bonds is 4. The number of alkyl halides is 3. The first-order valence-electron chi connectivity index (χ1n) is 9.24. The number of nitrogens with one attached hydrogen (secondary N) is 1. The lowest BCUT2D eigenvalue weighted by molar-refractivity contribution is -0.137. The van der Waals surface area contributed by atoms with E-state index in [1.807, 2.05) is 0 Å². The third-order valence-electron chi connectivity index (χ3n) is 4.75. The molecule has 0 bridgehead atoms. The molecule has 11 heteroatoms. The fourth-order valence-corrected chi connectivity index (χ4v) is 3.58. The van der Waals surface area contributed by atoms with Crippen molar-refractivity contribution in [1.82, 2.24) is 15.0 Å². The first kappa shape index (κ1) is 20.9. The molecule has 2 heterocycles. The van der Waals surface area contributed by atoms with Crippen molar-refractivity contribution in [2.75, 3.05) is 16.8 Å². The zero-order valence-corrected chi connectivity index (χ0v) is 16.6. The van der Waals surface area contributed by atoms with E-state index in [1.54, 1.807) is 17.0 Å². The number of carbonyl (C=O) groups excluding carboxylic acids is 2. The van der Waals surface area contributed by atoms with Crippen LogP contribution < -0.4 is 10.2 Å². The second-order valence-electron chi connectivity index (χ2n) is 6.83. The minimum atomic E-state index is -4.58. The summed E-state index contributed by atoms with van der Waals surface area (Å²) in [5, 5.41) is 10.2. The predicted molar refractivity (Wildman–Crippen MR) is 107 cm³/mol. The molecular formula is C20H15ClF3N5O2. The standard InChI is InChI=1S/C20H15ClF3N5O2/c21-14-10-12(7-8-17(14)28-9-3-6-18(28)30)25-19(31)15-11-29(27-26-15)16-5-2-1-4-13(16)20(22,23)24/h1-2,4-5,7-8,10-11H,3,6,9H2,(H,25,31). The minimum Gasteiger partial charge on any atom is -0.320 e. The van der Waals surface area contributed by atoms with Crippen molar-refractivity contribution < 1.29 is 22.8 Å². The zero-order valence-electron chi connectivity index (χ0n) is 15.9. The topological polar surface area (TPSA) is 80.1 Å². The normalized spacial score (nSPS) is 14.2. The number of hydrogen-bond acceptors (Lipinski definition) is 4. The van der Waals surface area contributed by atoms with Crippen molar-refractivity contribution >= 4 is 34.8 Å². The van der Waals surface area contributed by atoms with Crippen molar-refractivity contribution in [3.63, 3.8) is 0 Å². The van der Waals surface area contributed by atoms with Crippen molar-refractivity contribution in [2.45, 2.75) is 19.0 Å². The van der Waals surface area contributed by atoms with Crippen LogP contribution in [0.25, 0.3) is 5.69 Å². The number of halogens is 4. The Hall–Kier alpha value is -3.40. The number of nitrogens with zero attached hydrogens (tertiary/aromatic N) is 4. The van der Waals surface area contributed by atoms with Crippen LogP contribution in [0.2, 0.25) is 5.02 Å². The van der Waals surface area contributed by atoms with Gasteiger partial charge >= 0.3 is 6.18 Å². The molecule has 0 spiro atoms. The van der Waals surface area contributed by atoms with Gasteiger partial charge < -0.3 is 10.2 Å². The fourth-order valence-electron chi connectivity index (χ4n) is 3.30. The van der Waals surface area contributed by atoms with E-state index in [0.29, 0.717) is 24.3 Å². The lowest BCUT2D eigenvalue weighted by atomic mass is 10.1. The highest BCUT2D eigenvalue weighted by Crippen LogP contribution is 2.34. The van der Waals surface area contributed by atoms with Crippen LogP contribution in [0.5, 0.6) is 0 Å². The minimum absolute atomic E-state index is 0.0190. The maximum absolute atomic E-state index is 13.2. The SMILES string of the molecule is O=C(Nc1ccc(N2CCCC2=O)c(Cl)c1)c1cn(-c2ccccc2C(F)(F)F)nn1. The van der Waals surface area contributed by atoms with E-state index in [0.717, 1.165) is 23.4 Å². The van der Waals surface area contributed by atoms with Crippen molar-refractivity contribution in [3.8, 4) is 5.69 Å². The molecule has 2 amide bonds. The third-order valence-corrected chi connectivity index (χ3v) is 5.05. The molecule has 1 fully saturated rings. The maximum Gasteiger partial charge on any atom is 0.418 e. The molecule has 1 N–H and O–H groups in total. The van der Waals surface area contributed by atoms with Gasteiger partial charge in [0.2, 0.25) is 5.91 Å². The van der Waals surface area contributed by atoms with Crippen LogP contribution in [0.1, 0.15) is 28.9 Å². The van der Waals surface area contributed by atoms with Crippen molar-refractivity contribution in [3.05, 3.63) is 64.9 Å². The van der Waals surface area contributed by atoms with Crippen molar-refractivity contribution in [2.24, 2.45) is 0 Å². The number of aromatic nitrogens is 3. The highest BCUT2D eigenvalue weighted by Gasteiger charge is 2.34. The Balaban J connectivity index is 1.53. The second kappa shape index (κ2) is 8.03. The van der Waals surface area contributed by atoms with Gasteiger partial charge in [-0.1, -0.05) is 28.9 Å². The van der Waals surface area contributed by atoms with Crippen LogP contribution >= 0.6 is 11.6 Å². The molecule has 160 valence electrons. The third kappa shape index (κ3) is 4.24. The summed E-state index contributed by atoms with van der Waals surface area (Å²) in [5.41, 5.74) is -0.422. The van der Waals surface area contributed by atoms with Gasteiger partial charge in [0.1, 0.15) is 0 Å². The molecule has 0 saturated carbocycles. The number of carbonyl (C=O) groups is 2. The molecule has 3 aromatic rings. The zero-order chi connectivity index (χ0) is 22.2. The first-order valence-corrected chi connectivity index (χ1v) is 9.62. The molecule has 7 nitrogen and oxygen atoms in total. The van der Waals surface area contributed by atoms with Gasteiger partial charge in [0.15, 0.2) is 5.69 Å². The van der Waals surface area contributed by atoms with E-state index < -0.39 is 17.6 Å². The van der Waals surface area contributed by atoms with Crippen LogP contribution in [-0.4, -0.2) is 33.4 Å². The summed E-state index contributed by atoms with van der Waals surface area (Å²) in [6.45, 7) is 0.576. The van der Waals surface area contributed by atoms with E-state index >= 15 is 0 Å². The molecule has 2 aromatic carbocycles. The number of hydrogen-bond donors (Lipinski definition) is 1. The lowest BCUT2D eigenvalue weighted by Gasteiger charge is -2.18. The molecular weight excluding hydrogens is 435 g/mol. The molecule has 0 radical (unpaired) electrons. The molecule has 1 aromatic heterocycles. The molecule has 0 aliphatic carbocycles. The molecule has 1 aliphatic heterocycles. The van der Waals surface area contributed by atoms with Crippen LogP contribution in [0.4, 0.5) is 24.5 Å². The van der Waals surface area contributed by atoms with E-state index in [4.69, 9.17) is 11.6 Å². The Morgan fingerprint density at radius 1 is 1.13 bits per heavy atom. The molecule has 0 unspecified atom stereocenters. The average Bonchev–Trinajstić information content (AvgIpc) is 3.37. The van der Waals surface area contributed by atoms with Gasteiger partial charge in [0.05, 0.1) is 28.2 Å². The average molecular weight is 450 g/mol. The van der Waals surface area contributed by atoms with Gasteiger partial charge in [-0.2, -0.15) is 13.2 Å². The van der Waals surface area contributed by atoms with Gasteiger partial charge in [-0.15, -0.1) is 5.10 Å². The highest BCUT2D eigenvalue weighted by molar-refractivity contribution is 6.34. The van der Waals surface area contributed by atoms with Gasteiger partial charge in [0.25, 0.3) is 5.91 Å². The summed E-state index contributed by atoms with van der Waals surface area (Å²) in [6.07, 6.45) is -2.26. The summed E-state index contributed by atoms with van der Waals surface area (Å²) in [6, 6.07) is 9.54. The Bertz CT molecular complexity index is 1160. The summed E-state index contributed by atoms with van der Waals surface area (Å²) >= 11 is 6.26. The van der Waals surface area contributed by atoms with Crippen LogP contribution in [0, 0.1) is 0 Å². The molecule has 31 heavy (non-hydrogen) atoms. The highest BCUT2D eigenvalue weighted by atomic mass is 35.5. The van der Waals surface area contributed by atoms with E-state index in [9.17, 15) is 22.8 Å². The number of amides is 2. The van der Waals surface area contributed by atoms with E-state index in [2.05, 4.69) is 15.6 Å². The number of para-hydroxylation sites is 1. The van der Waals surface area contributed by atoms with E-state index in [1.165, 1.54) is 24.3 Å². The number of anilines is 2. The summed E-state index contributed by atoms with van der Waals surface area (Å²) in [5.74, 6) is -0.689. The number of benzene rings is 2. The van der Waals surface area contributed by atoms with Gasteiger partial charge in [-0.3, -0.25) is 9.59 Å². The van der Waals surface area contributed by atoms with E-state index in [-0.39, 0.29) is 22.3 Å². The van der Waals surface area contributed by atoms with Gasteiger partial charge in [0, 0.05) is 18.7 Å². The Kier molecular flexibility index (Phi) is 5.40. The smallest absolute Gasteiger partial charge is 0.320 e. The van der Waals surface area contributed by atoms with Crippen LogP contribution in [-0.2, 0) is 11.0 Å². The Morgan fingerprint density at radius 2 is 1.90 bits per heavy atom. The monoisotopic (exact) mass is 449 g/mol. The quantitative estimate of drug-likeness (QED) is 0.643. The predicted octanol–water partition coefficient (Wildman–Crippen LogP) is 4.32. The van der Waals surface area contributed by atoms with Crippen molar-refractivity contribution in [1.29, 1.82) is 0 Å². The Labute approximate surface area is 179 Å². The summed E-state index contributed by atoms with van der Waals surface area (Å²) in [4.78, 5) is 26.0. The maximum atomic E-state index is 13.2. The van der Waals surface area contributed by atoms with Gasteiger partial charge in [-0.25, -0.2) is 4.68 Å². The largest absolute Gasteiger partial charge is 0.418 e. The second-order valence-corrected chi connectivity index (χ2v) is 7.24. The first-order chi connectivity index (χ1) is 14.7. The molecule has 1 aliphatic rings. The molecule has 0 atom stereocenters. The lowest BCUT2D eigenvalue weighted by Crippen LogP contribution is -2.24. The Morgan fingerprint density at radius 3 is 2.58 bits per heavy atom. The molecule has 4 rings (SSSR count).